The molecule has 8 nitrogen and oxygen atoms in total. The van der Waals surface area contributed by atoms with Crippen molar-refractivity contribution in [3.63, 3.8) is 0 Å². The lowest BCUT2D eigenvalue weighted by Crippen LogP contribution is -2.68. The number of quaternary nitrogens is 1. The summed E-state index contributed by atoms with van der Waals surface area (Å²) in [5.74, 6) is 0.666. The summed E-state index contributed by atoms with van der Waals surface area (Å²) in [5, 5.41) is 15.5. The number of hydrogen-bond donors (Lipinski definition) is 1. The van der Waals surface area contributed by atoms with E-state index in [9.17, 15) is 0 Å². The molecule has 1 aromatic heterocycles. The second kappa shape index (κ2) is 9.00. The Hall–Kier alpha value is -2.32. The van der Waals surface area contributed by atoms with E-state index in [1.807, 2.05) is 4.57 Å². The number of rotatable bonds is 9. The number of benzene rings is 1. The summed E-state index contributed by atoms with van der Waals surface area (Å²) in [5.41, 5.74) is 2.14. The maximum absolute atomic E-state index is 4.36. The van der Waals surface area contributed by atoms with Crippen LogP contribution in [0, 0.1) is 0 Å². The topological polar surface area (TPSA) is 63.8 Å². The summed E-state index contributed by atoms with van der Waals surface area (Å²) in [6.45, 7) is 16.4. The molecule has 1 N–H and O–H groups in total. The van der Waals surface area contributed by atoms with Gasteiger partial charge in [0.2, 0.25) is 6.33 Å². The summed E-state index contributed by atoms with van der Waals surface area (Å²) in [6, 6.07) is 8.47. The van der Waals surface area contributed by atoms with Crippen molar-refractivity contribution in [1.82, 2.24) is 15.1 Å². The second-order valence-electron chi connectivity index (χ2n) is 8.25. The van der Waals surface area contributed by atoms with E-state index >= 15 is 0 Å². The van der Waals surface area contributed by atoms with E-state index in [-0.39, 0.29) is 0 Å². The maximum atomic E-state index is 4.36. The molecule has 0 spiro atoms. The molecular weight excluding hydrogens is 364 g/mol. The Bertz CT molecular complexity index is 791. The van der Waals surface area contributed by atoms with Crippen molar-refractivity contribution in [2.24, 2.45) is 10.2 Å². The van der Waals surface area contributed by atoms with Crippen LogP contribution < -0.4 is 9.47 Å². The number of nitrogens with one attached hydrogen (secondary N) is 1. The minimum atomic E-state index is 0.666. The molecular formula is C21H34N8+2. The van der Waals surface area contributed by atoms with Gasteiger partial charge in [-0.15, -0.1) is 5.10 Å². The first-order valence-corrected chi connectivity index (χ1v) is 11.0. The molecule has 0 amide bonds. The number of anilines is 1. The third-order valence-corrected chi connectivity index (χ3v) is 6.46. The summed E-state index contributed by atoms with van der Waals surface area (Å²) < 4.78 is 3.24. The molecule has 2 bridgehead atoms. The van der Waals surface area contributed by atoms with Gasteiger partial charge in [0, 0.05) is 37.0 Å². The predicted molar refractivity (Wildman–Crippen MR) is 114 cm³/mol. The van der Waals surface area contributed by atoms with Crippen molar-refractivity contribution < 1.29 is 9.05 Å². The molecule has 0 unspecified atom stereocenters. The van der Waals surface area contributed by atoms with Crippen LogP contribution in [0.1, 0.15) is 20.3 Å². The third-order valence-electron chi connectivity index (χ3n) is 6.46. The SMILES string of the molecule is CCCN(CC[N+]12CCN(CC1)CC2)c1ccc(N=Nc2[nH]nc[n+]2CC)cc1. The average Bonchev–Trinajstić information content (AvgIpc) is 3.24. The molecule has 4 heterocycles. The summed E-state index contributed by atoms with van der Waals surface area (Å²) in [6.07, 6.45) is 2.89. The van der Waals surface area contributed by atoms with Crippen molar-refractivity contribution >= 4 is 17.3 Å². The summed E-state index contributed by atoms with van der Waals surface area (Å²) in [7, 11) is 0. The van der Waals surface area contributed by atoms with Crippen LogP contribution >= 0.6 is 0 Å². The number of piperazine rings is 3. The number of hydrogen-bond acceptors (Lipinski definition) is 5. The molecule has 0 atom stereocenters. The predicted octanol–water partition coefficient (Wildman–Crippen LogP) is 2.49. The molecule has 3 fully saturated rings. The largest absolute Gasteiger partial charge is 0.401 e. The van der Waals surface area contributed by atoms with Crippen LogP contribution in [0.25, 0.3) is 0 Å². The van der Waals surface area contributed by atoms with Gasteiger partial charge in [-0.05, 0) is 42.7 Å². The zero-order valence-electron chi connectivity index (χ0n) is 17.8. The van der Waals surface area contributed by atoms with Gasteiger partial charge in [0.05, 0.1) is 45.0 Å². The average molecular weight is 399 g/mol. The number of aromatic nitrogens is 3. The molecule has 3 aliphatic heterocycles. The van der Waals surface area contributed by atoms with Crippen molar-refractivity contribution in [3.8, 4) is 0 Å². The highest BCUT2D eigenvalue weighted by Crippen LogP contribution is 2.23. The summed E-state index contributed by atoms with van der Waals surface area (Å²) in [4.78, 5) is 5.15. The zero-order valence-corrected chi connectivity index (χ0v) is 17.8. The normalized spacial score (nSPS) is 23.7. The molecule has 156 valence electrons. The molecule has 2 aromatic rings. The number of nitrogens with zero attached hydrogens (tertiary/aromatic N) is 7. The second-order valence-corrected chi connectivity index (χ2v) is 8.25. The lowest BCUT2D eigenvalue weighted by molar-refractivity contribution is -0.939. The van der Waals surface area contributed by atoms with Gasteiger partial charge in [-0.1, -0.05) is 12.0 Å². The molecule has 29 heavy (non-hydrogen) atoms. The van der Waals surface area contributed by atoms with Gasteiger partial charge in [-0.25, -0.2) is 4.57 Å². The molecule has 0 radical (unpaired) electrons. The maximum Gasteiger partial charge on any atom is 0.401 e. The Morgan fingerprint density at radius 1 is 1.07 bits per heavy atom. The number of H-pyrrole nitrogens is 1. The molecule has 8 heteroatoms. The standard InChI is InChI=1S/C21H33N8/c1-3-9-28(13-17-29-14-10-26(11-15-29)12-16-29)20-7-5-19(6-8-20)23-25-21-24-22-18-27(21)4-2/h5-8,18H,3-4,9-17H2,1-2H3/q+1/p+1. The van der Waals surface area contributed by atoms with E-state index in [1.54, 1.807) is 6.33 Å². The molecule has 0 aliphatic carbocycles. The molecule has 5 rings (SSSR count). The smallest absolute Gasteiger partial charge is 0.366 e. The highest BCUT2D eigenvalue weighted by molar-refractivity contribution is 5.52. The minimum Gasteiger partial charge on any atom is -0.366 e. The van der Waals surface area contributed by atoms with Crippen LogP contribution in [0.5, 0.6) is 0 Å². The van der Waals surface area contributed by atoms with Crippen LogP contribution in [0.3, 0.4) is 0 Å². The van der Waals surface area contributed by atoms with Gasteiger partial charge < -0.3 is 9.38 Å². The van der Waals surface area contributed by atoms with Gasteiger partial charge in [0.15, 0.2) is 0 Å². The van der Waals surface area contributed by atoms with Crippen LogP contribution in [-0.2, 0) is 6.54 Å². The Morgan fingerprint density at radius 3 is 2.45 bits per heavy atom. The number of aryl methyl sites for hydroxylation is 1. The van der Waals surface area contributed by atoms with Crippen molar-refractivity contribution in [3.05, 3.63) is 30.6 Å². The molecule has 3 aliphatic rings. The first-order chi connectivity index (χ1) is 14.2. The van der Waals surface area contributed by atoms with Gasteiger partial charge in [-0.2, -0.15) is 0 Å². The van der Waals surface area contributed by atoms with E-state index in [2.05, 4.69) is 68.3 Å². The first-order valence-electron chi connectivity index (χ1n) is 11.0. The lowest BCUT2D eigenvalue weighted by atomic mass is 10.1. The van der Waals surface area contributed by atoms with Crippen LogP contribution in [-0.4, -0.2) is 78.5 Å². The van der Waals surface area contributed by atoms with Gasteiger partial charge >= 0.3 is 5.95 Å². The fourth-order valence-corrected chi connectivity index (χ4v) is 4.46. The Kier molecular flexibility index (Phi) is 6.20. The van der Waals surface area contributed by atoms with Crippen LogP contribution in [0.4, 0.5) is 17.3 Å². The minimum absolute atomic E-state index is 0.666. The van der Waals surface area contributed by atoms with Gasteiger partial charge in [0.1, 0.15) is 0 Å². The van der Waals surface area contributed by atoms with E-state index in [0.29, 0.717) is 5.95 Å². The zero-order chi connectivity index (χ0) is 20.1. The lowest BCUT2D eigenvalue weighted by Gasteiger charge is -2.51. The molecule has 1 aromatic carbocycles. The van der Waals surface area contributed by atoms with Crippen LogP contribution in [0.15, 0.2) is 40.8 Å². The highest BCUT2D eigenvalue weighted by Gasteiger charge is 2.38. The number of fused-ring (bicyclic) bond motifs is 3. The van der Waals surface area contributed by atoms with E-state index < -0.39 is 0 Å². The van der Waals surface area contributed by atoms with E-state index in [4.69, 9.17) is 0 Å². The summed E-state index contributed by atoms with van der Waals surface area (Å²) >= 11 is 0. The fourth-order valence-electron chi connectivity index (χ4n) is 4.46. The monoisotopic (exact) mass is 398 g/mol. The van der Waals surface area contributed by atoms with Crippen LogP contribution in [0.2, 0.25) is 0 Å². The van der Waals surface area contributed by atoms with E-state index in [0.717, 1.165) is 31.7 Å². The molecule has 3 saturated heterocycles. The fraction of sp³-hybridized carbons (Fsp3) is 0.619. The number of aromatic amines is 1. The van der Waals surface area contributed by atoms with Crippen molar-refractivity contribution in [2.75, 3.05) is 63.8 Å². The highest BCUT2D eigenvalue weighted by atomic mass is 15.5. The number of azo groups is 1. The Morgan fingerprint density at radius 2 is 1.79 bits per heavy atom. The van der Waals surface area contributed by atoms with Crippen molar-refractivity contribution in [1.29, 1.82) is 0 Å². The van der Waals surface area contributed by atoms with E-state index in [1.165, 1.54) is 56.0 Å². The Balaban J connectivity index is 1.39. The Labute approximate surface area is 173 Å². The molecule has 0 saturated carbocycles. The van der Waals surface area contributed by atoms with Gasteiger partial charge in [0.25, 0.3) is 0 Å². The third kappa shape index (κ3) is 4.64. The quantitative estimate of drug-likeness (QED) is 0.401. The first kappa shape index (κ1) is 20.0. The van der Waals surface area contributed by atoms with Gasteiger partial charge in [-0.3, -0.25) is 4.90 Å². The van der Waals surface area contributed by atoms with Crippen molar-refractivity contribution in [2.45, 2.75) is 26.8 Å².